The molecular formula is C15H24N2. The number of nitrogens with zero attached hydrogens (tertiary/aromatic N) is 1. The molecule has 1 aromatic rings. The van der Waals surface area contributed by atoms with Gasteiger partial charge in [-0.2, -0.15) is 0 Å². The van der Waals surface area contributed by atoms with E-state index in [-0.39, 0.29) is 6.04 Å². The topological polar surface area (TPSA) is 29.3 Å². The van der Waals surface area contributed by atoms with Crippen molar-refractivity contribution in [3.63, 3.8) is 0 Å². The Kier molecular flexibility index (Phi) is 3.85. The van der Waals surface area contributed by atoms with Gasteiger partial charge in [0, 0.05) is 18.1 Å². The van der Waals surface area contributed by atoms with Crippen molar-refractivity contribution in [3.8, 4) is 0 Å². The molecule has 2 unspecified atom stereocenters. The van der Waals surface area contributed by atoms with Crippen molar-refractivity contribution in [1.82, 2.24) is 4.90 Å². The van der Waals surface area contributed by atoms with Gasteiger partial charge in [-0.3, -0.25) is 4.90 Å². The lowest BCUT2D eigenvalue weighted by Gasteiger charge is -2.33. The first-order chi connectivity index (χ1) is 8.13. The normalized spacial score (nSPS) is 19.4. The van der Waals surface area contributed by atoms with Crippen molar-refractivity contribution < 1.29 is 0 Å². The highest BCUT2D eigenvalue weighted by atomic mass is 15.2. The lowest BCUT2D eigenvalue weighted by atomic mass is 9.96. The number of nitrogens with two attached hydrogens (primary N) is 1. The van der Waals surface area contributed by atoms with E-state index in [2.05, 4.69) is 50.1 Å². The second-order valence-corrected chi connectivity index (χ2v) is 5.32. The van der Waals surface area contributed by atoms with Crippen LogP contribution < -0.4 is 5.73 Å². The lowest BCUT2D eigenvalue weighted by Crippen LogP contribution is -2.39. The Hall–Kier alpha value is -0.860. The first-order valence-corrected chi connectivity index (χ1v) is 6.67. The van der Waals surface area contributed by atoms with Crippen LogP contribution in [-0.2, 0) is 0 Å². The van der Waals surface area contributed by atoms with Gasteiger partial charge in [0.15, 0.2) is 0 Å². The van der Waals surface area contributed by atoms with Gasteiger partial charge in [-0.25, -0.2) is 0 Å². The van der Waals surface area contributed by atoms with Crippen LogP contribution in [0.5, 0.6) is 0 Å². The van der Waals surface area contributed by atoms with E-state index >= 15 is 0 Å². The van der Waals surface area contributed by atoms with Gasteiger partial charge >= 0.3 is 0 Å². The molecule has 2 N–H and O–H groups in total. The summed E-state index contributed by atoms with van der Waals surface area (Å²) in [6, 6.07) is 10.2. The third-order valence-electron chi connectivity index (χ3n) is 3.86. The Morgan fingerprint density at radius 1 is 1.29 bits per heavy atom. The maximum atomic E-state index is 6.31. The van der Waals surface area contributed by atoms with Gasteiger partial charge in [-0.1, -0.05) is 36.8 Å². The van der Waals surface area contributed by atoms with Crippen molar-refractivity contribution in [2.45, 2.75) is 51.2 Å². The minimum atomic E-state index is 0.225. The molecule has 2 nitrogen and oxygen atoms in total. The molecule has 1 fully saturated rings. The largest absolute Gasteiger partial charge is 0.326 e. The van der Waals surface area contributed by atoms with E-state index in [4.69, 9.17) is 5.73 Å². The number of hydrogen-bond donors (Lipinski definition) is 1. The van der Waals surface area contributed by atoms with E-state index in [0.29, 0.717) is 6.04 Å². The van der Waals surface area contributed by atoms with Crippen LogP contribution in [-0.4, -0.2) is 24.0 Å². The van der Waals surface area contributed by atoms with Crippen molar-refractivity contribution in [3.05, 3.63) is 35.4 Å². The molecule has 0 aliphatic heterocycles. The zero-order chi connectivity index (χ0) is 12.4. The van der Waals surface area contributed by atoms with Crippen LogP contribution in [0.3, 0.4) is 0 Å². The SMILES string of the molecule is CCC(N)C(c1ccc(C)cc1)N(C)C1CC1. The van der Waals surface area contributed by atoms with Crippen molar-refractivity contribution in [2.75, 3.05) is 7.05 Å². The highest BCUT2D eigenvalue weighted by molar-refractivity contribution is 5.25. The molecular weight excluding hydrogens is 208 g/mol. The molecule has 1 aliphatic carbocycles. The fraction of sp³-hybridized carbons (Fsp3) is 0.600. The van der Waals surface area contributed by atoms with Gasteiger partial charge in [0.25, 0.3) is 0 Å². The van der Waals surface area contributed by atoms with Crippen molar-refractivity contribution in [1.29, 1.82) is 0 Å². The van der Waals surface area contributed by atoms with Gasteiger partial charge in [0.05, 0.1) is 0 Å². The summed E-state index contributed by atoms with van der Waals surface area (Å²) in [5.74, 6) is 0. The molecule has 2 heteroatoms. The van der Waals surface area contributed by atoms with E-state index in [0.717, 1.165) is 12.5 Å². The fourth-order valence-electron chi connectivity index (χ4n) is 2.48. The number of benzene rings is 1. The Morgan fingerprint density at radius 2 is 1.88 bits per heavy atom. The smallest absolute Gasteiger partial charge is 0.0498 e. The summed E-state index contributed by atoms with van der Waals surface area (Å²) in [6.45, 7) is 4.30. The van der Waals surface area contributed by atoms with Crippen LogP contribution in [0, 0.1) is 6.92 Å². The number of rotatable bonds is 5. The van der Waals surface area contributed by atoms with Gasteiger partial charge < -0.3 is 5.73 Å². The maximum absolute atomic E-state index is 6.31. The third kappa shape index (κ3) is 2.88. The zero-order valence-corrected chi connectivity index (χ0v) is 11.2. The molecule has 1 aliphatic rings. The summed E-state index contributed by atoms with van der Waals surface area (Å²) in [6.07, 6.45) is 3.68. The molecule has 0 bridgehead atoms. The summed E-state index contributed by atoms with van der Waals surface area (Å²) in [5.41, 5.74) is 8.98. The molecule has 2 rings (SSSR count). The maximum Gasteiger partial charge on any atom is 0.0498 e. The molecule has 0 aromatic heterocycles. The average molecular weight is 232 g/mol. The Bertz CT molecular complexity index is 354. The van der Waals surface area contributed by atoms with E-state index < -0.39 is 0 Å². The van der Waals surface area contributed by atoms with E-state index in [1.165, 1.54) is 24.0 Å². The zero-order valence-electron chi connectivity index (χ0n) is 11.2. The monoisotopic (exact) mass is 232 g/mol. The van der Waals surface area contributed by atoms with Gasteiger partial charge in [0.1, 0.15) is 0 Å². The average Bonchev–Trinajstić information content (AvgIpc) is 3.15. The summed E-state index contributed by atoms with van der Waals surface area (Å²) in [7, 11) is 2.22. The standard InChI is InChI=1S/C15H24N2/c1-4-14(16)15(17(3)13-9-10-13)12-7-5-11(2)6-8-12/h5-8,13-15H,4,9-10,16H2,1-3H3. The van der Waals surface area contributed by atoms with E-state index in [9.17, 15) is 0 Å². The predicted octanol–water partition coefficient (Wildman–Crippen LogP) is 2.87. The van der Waals surface area contributed by atoms with Crippen molar-refractivity contribution >= 4 is 0 Å². The highest BCUT2D eigenvalue weighted by Crippen LogP contribution is 2.34. The lowest BCUT2D eigenvalue weighted by molar-refractivity contribution is 0.200. The molecule has 1 aromatic carbocycles. The summed E-state index contributed by atoms with van der Waals surface area (Å²) in [5, 5.41) is 0. The van der Waals surface area contributed by atoms with Crippen LogP contribution in [0.1, 0.15) is 43.4 Å². The summed E-state index contributed by atoms with van der Waals surface area (Å²) in [4.78, 5) is 2.47. The van der Waals surface area contributed by atoms with Crippen LogP contribution in [0.15, 0.2) is 24.3 Å². The molecule has 0 amide bonds. The Labute approximate surface area is 105 Å². The number of aryl methyl sites for hydroxylation is 1. The molecule has 0 radical (unpaired) electrons. The number of likely N-dealkylation sites (N-methyl/N-ethyl adjacent to an activating group) is 1. The summed E-state index contributed by atoms with van der Waals surface area (Å²) >= 11 is 0. The van der Waals surface area contributed by atoms with Gasteiger partial charge in [-0.15, -0.1) is 0 Å². The third-order valence-corrected chi connectivity index (χ3v) is 3.86. The number of hydrogen-bond acceptors (Lipinski definition) is 2. The minimum absolute atomic E-state index is 0.225. The summed E-state index contributed by atoms with van der Waals surface area (Å²) < 4.78 is 0. The molecule has 0 saturated heterocycles. The first-order valence-electron chi connectivity index (χ1n) is 6.67. The fourth-order valence-corrected chi connectivity index (χ4v) is 2.48. The molecule has 17 heavy (non-hydrogen) atoms. The minimum Gasteiger partial charge on any atom is -0.326 e. The second kappa shape index (κ2) is 5.19. The van der Waals surface area contributed by atoms with E-state index in [1.807, 2.05) is 0 Å². The van der Waals surface area contributed by atoms with Crippen LogP contribution in [0.25, 0.3) is 0 Å². The quantitative estimate of drug-likeness (QED) is 0.846. The van der Waals surface area contributed by atoms with Crippen molar-refractivity contribution in [2.24, 2.45) is 5.73 Å². The molecule has 0 spiro atoms. The van der Waals surface area contributed by atoms with Crippen LogP contribution >= 0.6 is 0 Å². The second-order valence-electron chi connectivity index (χ2n) is 5.32. The van der Waals surface area contributed by atoms with E-state index in [1.54, 1.807) is 0 Å². The molecule has 2 atom stereocenters. The predicted molar refractivity (Wildman–Crippen MR) is 73.0 cm³/mol. The Balaban J connectivity index is 2.22. The molecule has 0 heterocycles. The van der Waals surface area contributed by atoms with Gasteiger partial charge in [-0.05, 0) is 38.8 Å². The highest BCUT2D eigenvalue weighted by Gasteiger charge is 2.34. The van der Waals surface area contributed by atoms with Gasteiger partial charge in [0.2, 0.25) is 0 Å². The molecule has 94 valence electrons. The first kappa shape index (κ1) is 12.6. The van der Waals surface area contributed by atoms with Crippen LogP contribution in [0.2, 0.25) is 0 Å². The van der Waals surface area contributed by atoms with Crippen LogP contribution in [0.4, 0.5) is 0 Å². The molecule has 1 saturated carbocycles. The Morgan fingerprint density at radius 3 is 2.35 bits per heavy atom.